The van der Waals surface area contributed by atoms with Gasteiger partial charge in [0, 0.05) is 48.4 Å². The number of nitrogens with zero attached hydrogens (tertiary/aromatic N) is 5. The molecule has 12 heteroatoms. The van der Waals surface area contributed by atoms with E-state index in [0.717, 1.165) is 103 Å². The molecule has 1 aliphatic heterocycles. The number of hydrogen-bond donors (Lipinski definition) is 3. The number of carboxylic acid groups (broad SMARTS) is 2. The van der Waals surface area contributed by atoms with Crippen LogP contribution in [0.1, 0.15) is 37.3 Å². The fourth-order valence-electron chi connectivity index (χ4n) is 5.50. The van der Waals surface area contributed by atoms with Crippen LogP contribution in [0.15, 0.2) is 59.3 Å². The number of nitrogen functional groups attached to an aromatic ring is 1. The van der Waals surface area contributed by atoms with Gasteiger partial charge in [-0.1, -0.05) is 36.4 Å². The van der Waals surface area contributed by atoms with Crippen LogP contribution in [0.5, 0.6) is 0 Å². The minimum Gasteiger partial charge on any atom is -0.450 e. The molecule has 0 spiro atoms. The Bertz CT molecular complexity index is 1470. The molecular formula is C30H35BrN6O5. The maximum atomic E-state index is 8.56. The van der Waals surface area contributed by atoms with E-state index >= 15 is 0 Å². The van der Waals surface area contributed by atoms with Crippen molar-refractivity contribution in [1.29, 1.82) is 0 Å². The first-order valence-corrected chi connectivity index (χ1v) is 14.9. The van der Waals surface area contributed by atoms with E-state index in [1.807, 2.05) is 36.7 Å². The SMILES string of the molecule is Nc1c(Br)c([C@H]2CC[C@H](OCCN3CCOCC3)CC2)nc2c(-c3ccc(-c4ccccc4)nc3)cnn12.O=C(O)O. The molecule has 1 saturated carbocycles. The van der Waals surface area contributed by atoms with Crippen molar-refractivity contribution in [2.45, 2.75) is 37.7 Å². The Morgan fingerprint density at radius 1 is 1.02 bits per heavy atom. The average Bonchev–Trinajstić information content (AvgIpc) is 3.44. The molecule has 6 rings (SSSR count). The van der Waals surface area contributed by atoms with E-state index in [9.17, 15) is 0 Å². The highest BCUT2D eigenvalue weighted by Gasteiger charge is 2.28. The van der Waals surface area contributed by atoms with E-state index in [4.69, 9.17) is 40.2 Å². The van der Waals surface area contributed by atoms with Gasteiger partial charge in [0.05, 0.1) is 48.0 Å². The third-order valence-electron chi connectivity index (χ3n) is 7.72. The summed E-state index contributed by atoms with van der Waals surface area (Å²) in [6.07, 6.45) is 6.31. The molecule has 1 aromatic carbocycles. The van der Waals surface area contributed by atoms with Crippen LogP contribution < -0.4 is 5.73 Å². The molecule has 2 aliphatic rings. The first kappa shape index (κ1) is 29.9. The number of anilines is 1. The third kappa shape index (κ3) is 7.24. The second-order valence-electron chi connectivity index (χ2n) is 10.4. The van der Waals surface area contributed by atoms with Crippen LogP contribution >= 0.6 is 15.9 Å². The minimum absolute atomic E-state index is 0.312. The summed E-state index contributed by atoms with van der Waals surface area (Å²) >= 11 is 3.73. The summed E-state index contributed by atoms with van der Waals surface area (Å²) in [6.45, 7) is 5.43. The van der Waals surface area contributed by atoms with Crippen LogP contribution in [0.25, 0.3) is 28.0 Å². The molecule has 4 N–H and O–H groups in total. The summed E-state index contributed by atoms with van der Waals surface area (Å²) in [4.78, 5) is 20.8. The molecule has 11 nitrogen and oxygen atoms in total. The first-order valence-electron chi connectivity index (χ1n) is 14.1. The zero-order chi connectivity index (χ0) is 29.5. The third-order valence-corrected chi connectivity index (χ3v) is 8.53. The van der Waals surface area contributed by atoms with Gasteiger partial charge >= 0.3 is 6.16 Å². The molecule has 4 heterocycles. The lowest BCUT2D eigenvalue weighted by Crippen LogP contribution is -2.39. The van der Waals surface area contributed by atoms with Crippen molar-refractivity contribution in [3.63, 3.8) is 0 Å². The largest absolute Gasteiger partial charge is 0.503 e. The van der Waals surface area contributed by atoms with Crippen molar-refractivity contribution >= 4 is 33.6 Å². The van der Waals surface area contributed by atoms with Crippen molar-refractivity contribution < 1.29 is 24.5 Å². The molecule has 0 amide bonds. The monoisotopic (exact) mass is 638 g/mol. The van der Waals surface area contributed by atoms with Crippen molar-refractivity contribution in [3.05, 3.63) is 65.0 Å². The second kappa shape index (κ2) is 14.1. The van der Waals surface area contributed by atoms with E-state index < -0.39 is 6.16 Å². The molecule has 4 aromatic rings. The summed E-state index contributed by atoms with van der Waals surface area (Å²) in [6, 6.07) is 14.3. The zero-order valence-electron chi connectivity index (χ0n) is 23.2. The van der Waals surface area contributed by atoms with Crippen LogP contribution in [0, 0.1) is 0 Å². The highest BCUT2D eigenvalue weighted by atomic mass is 79.9. The summed E-state index contributed by atoms with van der Waals surface area (Å²) in [5.74, 6) is 0.908. The number of ether oxygens (including phenoxy) is 2. The number of morpholine rings is 1. The Morgan fingerprint density at radius 3 is 2.40 bits per heavy atom. The Morgan fingerprint density at radius 2 is 1.74 bits per heavy atom. The lowest BCUT2D eigenvalue weighted by Gasteiger charge is -2.31. The number of pyridine rings is 1. The van der Waals surface area contributed by atoms with E-state index in [2.05, 4.69) is 44.1 Å². The van der Waals surface area contributed by atoms with E-state index in [1.165, 1.54) is 0 Å². The van der Waals surface area contributed by atoms with Gasteiger partial charge in [-0.15, -0.1) is 0 Å². The molecule has 0 radical (unpaired) electrons. The number of carbonyl (C=O) groups is 1. The van der Waals surface area contributed by atoms with Crippen molar-refractivity contribution in [2.75, 3.05) is 45.2 Å². The van der Waals surface area contributed by atoms with E-state index in [1.54, 1.807) is 4.52 Å². The Hall–Kier alpha value is -3.58. The zero-order valence-corrected chi connectivity index (χ0v) is 24.8. The molecule has 0 atom stereocenters. The van der Waals surface area contributed by atoms with Crippen molar-refractivity contribution in [1.82, 2.24) is 24.5 Å². The highest BCUT2D eigenvalue weighted by Crippen LogP contribution is 2.39. The summed E-state index contributed by atoms with van der Waals surface area (Å²) in [7, 11) is 0. The number of hydrogen-bond acceptors (Lipinski definition) is 8. The molecule has 42 heavy (non-hydrogen) atoms. The number of rotatable bonds is 7. The van der Waals surface area contributed by atoms with Crippen LogP contribution in [-0.4, -0.2) is 86.4 Å². The fourth-order valence-corrected chi connectivity index (χ4v) is 6.08. The van der Waals surface area contributed by atoms with Crippen LogP contribution in [0.2, 0.25) is 0 Å². The van der Waals surface area contributed by atoms with E-state index in [-0.39, 0.29) is 0 Å². The molecule has 0 bridgehead atoms. The highest BCUT2D eigenvalue weighted by molar-refractivity contribution is 9.10. The number of halogens is 1. The van der Waals surface area contributed by atoms with Crippen LogP contribution in [0.3, 0.4) is 0 Å². The maximum Gasteiger partial charge on any atom is 0.503 e. The lowest BCUT2D eigenvalue weighted by atomic mass is 9.85. The quantitative estimate of drug-likeness (QED) is 0.240. The minimum atomic E-state index is -1.83. The number of aromatic nitrogens is 4. The van der Waals surface area contributed by atoms with Gasteiger partial charge in [-0.05, 0) is 47.7 Å². The summed E-state index contributed by atoms with van der Waals surface area (Å²) in [5, 5.41) is 18.5. The Balaban J connectivity index is 0.000000830. The van der Waals surface area contributed by atoms with Crippen LogP contribution in [-0.2, 0) is 9.47 Å². The second-order valence-corrected chi connectivity index (χ2v) is 11.2. The van der Waals surface area contributed by atoms with Gasteiger partial charge < -0.3 is 25.4 Å². The topological polar surface area (TPSA) is 148 Å². The standard InChI is InChI=1S/C29H33BrN6O2.CH2O3/c30-26-27(21-6-9-23(10-7-21)38-17-14-35-12-15-37-16-13-35)34-29-24(19-33-36(29)28(26)31)22-8-11-25(32-18-22)20-4-2-1-3-5-20;2-1(3)4/h1-5,8,11,18-19,21,23H,6-7,9-10,12-17,31H2;(H2,2,3,4)/t21-,23-;. The Kier molecular flexibility index (Phi) is 10.0. The van der Waals surface area contributed by atoms with Crippen molar-refractivity contribution in [3.8, 4) is 22.4 Å². The molecule has 0 unspecified atom stereocenters. The van der Waals surface area contributed by atoms with Gasteiger partial charge in [0.15, 0.2) is 5.65 Å². The number of nitrogens with two attached hydrogens (primary N) is 1. The molecule has 1 aliphatic carbocycles. The maximum absolute atomic E-state index is 8.56. The predicted octanol–water partition coefficient (Wildman–Crippen LogP) is 5.40. The molecular weight excluding hydrogens is 604 g/mol. The van der Waals surface area contributed by atoms with Gasteiger partial charge in [-0.25, -0.2) is 9.78 Å². The molecule has 3 aromatic heterocycles. The van der Waals surface area contributed by atoms with Gasteiger partial charge in [-0.2, -0.15) is 9.61 Å². The Labute approximate surface area is 252 Å². The lowest BCUT2D eigenvalue weighted by molar-refractivity contribution is -0.0101. The van der Waals surface area contributed by atoms with Gasteiger partial charge in [0.2, 0.25) is 0 Å². The van der Waals surface area contributed by atoms with E-state index in [0.29, 0.717) is 17.8 Å². The molecule has 1 saturated heterocycles. The first-order chi connectivity index (χ1) is 20.4. The van der Waals surface area contributed by atoms with Crippen LogP contribution in [0.4, 0.5) is 10.6 Å². The smallest absolute Gasteiger partial charge is 0.450 e. The van der Waals surface area contributed by atoms with Gasteiger partial charge in [0.25, 0.3) is 0 Å². The number of benzene rings is 1. The normalized spacial score (nSPS) is 19.3. The van der Waals surface area contributed by atoms with Gasteiger partial charge in [-0.3, -0.25) is 9.88 Å². The fraction of sp³-hybridized carbons (Fsp3) is 0.400. The molecule has 222 valence electrons. The predicted molar refractivity (Wildman–Crippen MR) is 163 cm³/mol. The number of fused-ring (bicyclic) bond motifs is 1. The average molecular weight is 640 g/mol. The molecule has 2 fully saturated rings. The van der Waals surface area contributed by atoms with Crippen molar-refractivity contribution in [2.24, 2.45) is 0 Å². The van der Waals surface area contributed by atoms with Gasteiger partial charge in [0.1, 0.15) is 5.82 Å². The summed E-state index contributed by atoms with van der Waals surface area (Å²) < 4.78 is 14.2. The summed E-state index contributed by atoms with van der Waals surface area (Å²) in [5.41, 5.74) is 12.2.